The number of aryl methyl sites for hydroxylation is 1. The molecular formula is C24H29NOS2. The summed E-state index contributed by atoms with van der Waals surface area (Å²) in [6.45, 7) is 2.11. The number of hydrogen-bond donors (Lipinski definition) is 0. The van der Waals surface area contributed by atoms with E-state index in [-0.39, 0.29) is 0 Å². The molecule has 0 bridgehead atoms. The van der Waals surface area contributed by atoms with Gasteiger partial charge in [0.1, 0.15) is 5.75 Å². The molecule has 0 unspecified atom stereocenters. The van der Waals surface area contributed by atoms with Crippen molar-refractivity contribution < 1.29 is 4.74 Å². The minimum atomic E-state index is 0.838. The van der Waals surface area contributed by atoms with Crippen LogP contribution in [0.1, 0.15) is 37.7 Å². The van der Waals surface area contributed by atoms with Gasteiger partial charge in [-0.25, -0.2) is 4.99 Å². The number of benzene rings is 2. The predicted molar refractivity (Wildman–Crippen MR) is 125 cm³/mol. The molecule has 2 aromatic rings. The van der Waals surface area contributed by atoms with Crippen LogP contribution in [0.3, 0.4) is 0 Å². The van der Waals surface area contributed by atoms with Gasteiger partial charge in [0.15, 0.2) is 0 Å². The first-order chi connectivity index (χ1) is 13.7. The summed E-state index contributed by atoms with van der Waals surface area (Å²) in [4.78, 5) is 6.10. The summed E-state index contributed by atoms with van der Waals surface area (Å²) in [6, 6.07) is 16.6. The topological polar surface area (TPSA) is 21.6 Å². The van der Waals surface area contributed by atoms with Gasteiger partial charge in [-0.2, -0.15) is 0 Å². The van der Waals surface area contributed by atoms with Crippen LogP contribution < -0.4 is 4.74 Å². The lowest BCUT2D eigenvalue weighted by atomic mass is 9.91. The minimum absolute atomic E-state index is 0.838. The summed E-state index contributed by atoms with van der Waals surface area (Å²) in [5, 5.41) is 3.23. The molecule has 0 amide bonds. The normalized spacial score (nSPS) is 15.9. The molecule has 0 aliphatic heterocycles. The lowest BCUT2D eigenvalue weighted by Crippen LogP contribution is -2.09. The van der Waals surface area contributed by atoms with Crippen LogP contribution in [0.25, 0.3) is 0 Å². The van der Waals surface area contributed by atoms with E-state index < -0.39 is 0 Å². The Hall–Kier alpha value is -1.65. The fraction of sp³-hybridized carbons (Fsp3) is 0.375. The summed E-state index contributed by atoms with van der Waals surface area (Å²) in [5.74, 6) is 2.89. The van der Waals surface area contributed by atoms with Gasteiger partial charge >= 0.3 is 0 Å². The Morgan fingerprint density at radius 1 is 1.04 bits per heavy atom. The molecule has 0 spiro atoms. The first kappa shape index (κ1) is 21.1. The Kier molecular flexibility index (Phi) is 8.56. The standard InChI is InChI=1S/C24H29NOS2/c1-19-8-10-21(11-9-19)25-24(28-18-20-6-4-3-5-7-20)16-17-27-23-14-12-22(26-2)13-15-23/h8-17,20H,3-7,18H2,1-2H3. The largest absolute Gasteiger partial charge is 0.497 e. The van der Waals surface area contributed by atoms with Crippen LogP contribution >= 0.6 is 23.5 Å². The van der Waals surface area contributed by atoms with Crippen LogP contribution in [-0.2, 0) is 0 Å². The number of nitrogens with zero attached hydrogens (tertiary/aromatic N) is 1. The summed E-state index contributed by atoms with van der Waals surface area (Å²) >= 11 is 3.61. The zero-order valence-corrected chi connectivity index (χ0v) is 18.4. The van der Waals surface area contributed by atoms with Crippen molar-refractivity contribution in [3.63, 3.8) is 0 Å². The second-order valence-electron chi connectivity index (χ2n) is 7.20. The van der Waals surface area contributed by atoms with E-state index in [9.17, 15) is 0 Å². The van der Waals surface area contributed by atoms with E-state index in [2.05, 4.69) is 54.8 Å². The number of hydrogen-bond acceptors (Lipinski definition) is 4. The van der Waals surface area contributed by atoms with Gasteiger partial charge in [-0.1, -0.05) is 48.7 Å². The van der Waals surface area contributed by atoms with Crippen LogP contribution in [0.2, 0.25) is 0 Å². The Morgan fingerprint density at radius 3 is 2.43 bits per heavy atom. The van der Waals surface area contributed by atoms with Crippen LogP contribution in [0.5, 0.6) is 5.75 Å². The summed E-state index contributed by atoms with van der Waals surface area (Å²) in [6.07, 6.45) is 9.08. The first-order valence-corrected chi connectivity index (χ1v) is 11.8. The highest BCUT2D eigenvalue weighted by molar-refractivity contribution is 8.14. The highest BCUT2D eigenvalue weighted by atomic mass is 32.2. The SMILES string of the molecule is COc1ccc(SC=CC(=Nc2ccc(C)cc2)SCC2CCCCC2)cc1. The van der Waals surface area contributed by atoms with Crippen molar-refractivity contribution in [2.45, 2.75) is 43.9 Å². The number of methoxy groups -OCH3 is 1. The van der Waals surface area contributed by atoms with E-state index in [1.54, 1.807) is 18.9 Å². The maximum atomic E-state index is 5.23. The molecule has 2 aromatic carbocycles. The average molecular weight is 412 g/mol. The van der Waals surface area contributed by atoms with E-state index in [0.717, 1.165) is 22.4 Å². The third-order valence-electron chi connectivity index (χ3n) is 4.94. The number of ether oxygens (including phenoxy) is 1. The fourth-order valence-corrected chi connectivity index (χ4v) is 5.05. The Balaban J connectivity index is 1.65. The molecule has 1 aliphatic rings. The smallest absolute Gasteiger partial charge is 0.118 e. The molecule has 148 valence electrons. The molecule has 1 saturated carbocycles. The van der Waals surface area contributed by atoms with Gasteiger partial charge < -0.3 is 4.74 Å². The number of thioether (sulfide) groups is 2. The monoisotopic (exact) mass is 411 g/mol. The molecule has 0 radical (unpaired) electrons. The van der Waals surface area contributed by atoms with Crippen molar-refractivity contribution in [2.24, 2.45) is 10.9 Å². The molecule has 4 heteroatoms. The van der Waals surface area contributed by atoms with Crippen molar-refractivity contribution in [1.29, 1.82) is 0 Å². The second kappa shape index (κ2) is 11.4. The zero-order valence-electron chi connectivity index (χ0n) is 16.8. The van der Waals surface area contributed by atoms with Gasteiger partial charge in [-0.05, 0) is 73.6 Å². The van der Waals surface area contributed by atoms with Gasteiger partial charge in [0.05, 0.1) is 17.8 Å². The van der Waals surface area contributed by atoms with Crippen LogP contribution in [-0.4, -0.2) is 17.9 Å². The lowest BCUT2D eigenvalue weighted by molar-refractivity contribution is 0.391. The summed E-state index contributed by atoms with van der Waals surface area (Å²) in [7, 11) is 1.69. The summed E-state index contributed by atoms with van der Waals surface area (Å²) in [5.41, 5.74) is 2.29. The van der Waals surface area contributed by atoms with E-state index in [1.165, 1.54) is 48.3 Å². The van der Waals surface area contributed by atoms with E-state index in [1.807, 2.05) is 23.9 Å². The maximum Gasteiger partial charge on any atom is 0.118 e. The van der Waals surface area contributed by atoms with Gasteiger partial charge in [0.2, 0.25) is 0 Å². The molecular weight excluding hydrogens is 382 g/mol. The third kappa shape index (κ3) is 7.06. The quantitative estimate of drug-likeness (QED) is 0.265. The fourth-order valence-electron chi connectivity index (χ4n) is 3.25. The third-order valence-corrected chi connectivity index (χ3v) is 6.92. The lowest BCUT2D eigenvalue weighted by Gasteiger charge is -2.20. The Labute approximate surface area is 177 Å². The van der Waals surface area contributed by atoms with Crippen molar-refractivity contribution in [1.82, 2.24) is 0 Å². The molecule has 0 aromatic heterocycles. The highest BCUT2D eigenvalue weighted by Gasteiger charge is 2.14. The average Bonchev–Trinajstić information content (AvgIpc) is 2.74. The second-order valence-corrected chi connectivity index (χ2v) is 9.22. The summed E-state index contributed by atoms with van der Waals surface area (Å²) < 4.78 is 5.23. The molecule has 0 heterocycles. The molecule has 0 atom stereocenters. The Morgan fingerprint density at radius 2 is 1.75 bits per heavy atom. The van der Waals surface area contributed by atoms with Crippen LogP contribution in [0, 0.1) is 12.8 Å². The van der Waals surface area contributed by atoms with Crippen LogP contribution in [0.4, 0.5) is 5.69 Å². The molecule has 28 heavy (non-hydrogen) atoms. The molecule has 1 fully saturated rings. The van der Waals surface area contributed by atoms with E-state index in [4.69, 9.17) is 9.73 Å². The first-order valence-electron chi connectivity index (χ1n) is 9.98. The molecule has 2 nitrogen and oxygen atoms in total. The van der Waals surface area contributed by atoms with Crippen LogP contribution in [0.15, 0.2) is 69.9 Å². The van der Waals surface area contributed by atoms with E-state index in [0.29, 0.717) is 0 Å². The van der Waals surface area contributed by atoms with Crippen molar-refractivity contribution >= 4 is 34.3 Å². The zero-order chi connectivity index (χ0) is 19.6. The number of rotatable bonds is 7. The highest BCUT2D eigenvalue weighted by Crippen LogP contribution is 2.29. The molecule has 3 rings (SSSR count). The van der Waals surface area contributed by atoms with Gasteiger partial charge in [0, 0.05) is 10.6 Å². The van der Waals surface area contributed by atoms with Gasteiger partial charge in [-0.3, -0.25) is 0 Å². The molecule has 0 saturated heterocycles. The minimum Gasteiger partial charge on any atom is -0.497 e. The van der Waals surface area contributed by atoms with Crippen molar-refractivity contribution in [3.8, 4) is 5.75 Å². The van der Waals surface area contributed by atoms with Crippen molar-refractivity contribution in [3.05, 3.63) is 65.6 Å². The maximum absolute atomic E-state index is 5.23. The van der Waals surface area contributed by atoms with Gasteiger partial charge in [0.25, 0.3) is 0 Å². The molecule has 0 N–H and O–H groups in total. The van der Waals surface area contributed by atoms with Gasteiger partial charge in [-0.15, -0.1) is 11.8 Å². The van der Waals surface area contributed by atoms with E-state index >= 15 is 0 Å². The van der Waals surface area contributed by atoms with Crippen molar-refractivity contribution in [2.75, 3.05) is 12.9 Å². The predicted octanol–water partition coefficient (Wildman–Crippen LogP) is 7.65. The molecule has 1 aliphatic carbocycles. The number of aliphatic imine (C=N–C) groups is 1. The Bertz CT molecular complexity index is 775.